The van der Waals surface area contributed by atoms with Crippen molar-refractivity contribution in [3.8, 4) is 17.0 Å². The first-order chi connectivity index (χ1) is 17.1. The zero-order valence-electron chi connectivity index (χ0n) is 20.3. The Labute approximate surface area is 209 Å². The van der Waals surface area contributed by atoms with E-state index in [1.807, 2.05) is 13.8 Å². The third-order valence-corrected chi connectivity index (χ3v) is 5.51. The zero-order valence-corrected chi connectivity index (χ0v) is 21.1. The smallest absolute Gasteiger partial charge is 0.433 e. The first kappa shape index (κ1) is 28.8. The van der Waals surface area contributed by atoms with E-state index >= 15 is 0 Å². The van der Waals surface area contributed by atoms with Crippen molar-refractivity contribution in [2.24, 2.45) is 11.7 Å². The van der Waals surface area contributed by atoms with Crippen LogP contribution in [-0.2, 0) is 17.2 Å². The number of anilines is 3. The molecule has 9 nitrogen and oxygen atoms in total. The number of halogens is 3. The lowest BCUT2D eigenvalue weighted by Gasteiger charge is -2.15. The molecule has 36 heavy (non-hydrogen) atoms. The molecule has 0 aliphatic rings. The van der Waals surface area contributed by atoms with E-state index in [4.69, 9.17) is 4.74 Å². The number of hydrogen-bond acceptors (Lipinski definition) is 7. The second kappa shape index (κ2) is 13.0. The van der Waals surface area contributed by atoms with Crippen LogP contribution in [0.2, 0.25) is 0 Å². The maximum Gasteiger partial charge on any atom is 0.433 e. The van der Waals surface area contributed by atoms with Gasteiger partial charge in [-0.1, -0.05) is 32.9 Å². The van der Waals surface area contributed by atoms with Gasteiger partial charge in [0.05, 0.1) is 23.6 Å². The van der Waals surface area contributed by atoms with Crippen LogP contribution in [0.3, 0.4) is 0 Å². The van der Waals surface area contributed by atoms with Gasteiger partial charge in [0.1, 0.15) is 28.2 Å². The van der Waals surface area contributed by atoms with Crippen molar-refractivity contribution in [3.05, 3.63) is 47.7 Å². The van der Waals surface area contributed by atoms with Crippen LogP contribution < -0.4 is 20.5 Å². The Bertz CT molecular complexity index is 1180. The number of aromatic nitrogens is 3. The number of nitrogens with two attached hydrogens (primary N) is 1. The Morgan fingerprint density at radius 3 is 2.56 bits per heavy atom. The van der Waals surface area contributed by atoms with Crippen molar-refractivity contribution in [2.45, 2.75) is 26.9 Å². The van der Waals surface area contributed by atoms with E-state index in [1.165, 1.54) is 19.2 Å². The number of benzene rings is 1. The van der Waals surface area contributed by atoms with Gasteiger partial charge in [0.15, 0.2) is 12.1 Å². The van der Waals surface area contributed by atoms with Crippen LogP contribution in [0.5, 0.6) is 5.75 Å². The van der Waals surface area contributed by atoms with Crippen molar-refractivity contribution < 1.29 is 26.9 Å². The summed E-state index contributed by atoms with van der Waals surface area (Å²) in [6.45, 7) is 6.16. The molecular formula is C23H29F3N6O3S. The lowest BCUT2D eigenvalue weighted by molar-refractivity contribution is -0.141. The number of aldehydes is 1. The van der Waals surface area contributed by atoms with Gasteiger partial charge < -0.3 is 20.5 Å². The highest BCUT2D eigenvalue weighted by molar-refractivity contribution is 7.86. The third kappa shape index (κ3) is 7.52. The second-order valence-corrected chi connectivity index (χ2v) is 9.13. The van der Waals surface area contributed by atoms with Gasteiger partial charge in [-0.3, -0.25) is 9.89 Å². The molecule has 0 saturated carbocycles. The predicted octanol–water partition coefficient (Wildman–Crippen LogP) is 4.75. The summed E-state index contributed by atoms with van der Waals surface area (Å²) in [6, 6.07) is 8.42. The van der Waals surface area contributed by atoms with Gasteiger partial charge in [-0.25, -0.2) is 9.19 Å². The summed E-state index contributed by atoms with van der Waals surface area (Å²) in [7, 11) is 0.210. The number of nitrogens with one attached hydrogen (secondary N) is 3. The van der Waals surface area contributed by atoms with Crippen molar-refractivity contribution in [1.29, 1.82) is 0 Å². The summed E-state index contributed by atoms with van der Waals surface area (Å²) in [5.41, 5.74) is 4.95. The number of nitrogens with zero attached hydrogens (tertiary/aromatic N) is 2. The fraction of sp³-hybridized carbons (Fsp3) is 0.348. The SMILES string of the molecule is CCS(=O)Nc1ccc(-c2[nH]nc(Nc3cccc(C(F)(F)F)n3)c2C=O)cc1OCC(C)C.CN. The Balaban J connectivity index is 0.00000222. The van der Waals surface area contributed by atoms with Crippen LogP contribution in [0, 0.1) is 5.92 Å². The number of ether oxygens (including phenoxy) is 1. The van der Waals surface area contributed by atoms with Crippen LogP contribution in [0.4, 0.5) is 30.5 Å². The molecule has 196 valence electrons. The number of H-pyrrole nitrogens is 1. The summed E-state index contributed by atoms with van der Waals surface area (Å²) in [5, 5.41) is 9.44. The fourth-order valence-corrected chi connectivity index (χ4v) is 3.46. The quantitative estimate of drug-likeness (QED) is 0.280. The van der Waals surface area contributed by atoms with Gasteiger partial charge in [-0.2, -0.15) is 18.3 Å². The molecule has 0 saturated heterocycles. The fourth-order valence-electron chi connectivity index (χ4n) is 2.90. The molecule has 0 bridgehead atoms. The molecule has 0 fully saturated rings. The Morgan fingerprint density at radius 2 is 1.94 bits per heavy atom. The van der Waals surface area contributed by atoms with E-state index in [-0.39, 0.29) is 23.1 Å². The molecule has 0 aliphatic heterocycles. The topological polar surface area (TPSA) is 135 Å². The van der Waals surface area contributed by atoms with Crippen molar-refractivity contribution >= 4 is 34.6 Å². The minimum absolute atomic E-state index is 0.0239. The molecule has 3 aromatic rings. The third-order valence-electron chi connectivity index (χ3n) is 4.54. The van der Waals surface area contributed by atoms with E-state index in [1.54, 1.807) is 25.1 Å². The molecular weight excluding hydrogens is 497 g/mol. The minimum atomic E-state index is -4.61. The van der Waals surface area contributed by atoms with Gasteiger partial charge in [-0.05, 0) is 37.2 Å². The lowest BCUT2D eigenvalue weighted by atomic mass is 10.1. The molecule has 13 heteroatoms. The molecule has 0 amide bonds. The van der Waals surface area contributed by atoms with Crippen LogP contribution in [-0.4, -0.2) is 45.1 Å². The normalized spacial score (nSPS) is 11.9. The first-order valence-electron chi connectivity index (χ1n) is 11.0. The number of carbonyl (C=O) groups excluding carboxylic acids is 1. The van der Waals surface area contributed by atoms with Gasteiger partial charge in [0.2, 0.25) is 0 Å². The Hall–Kier alpha value is -3.45. The van der Waals surface area contributed by atoms with Crippen LogP contribution in [0.15, 0.2) is 36.4 Å². The molecule has 1 unspecified atom stereocenters. The molecule has 0 aliphatic carbocycles. The average Bonchev–Trinajstić information content (AvgIpc) is 3.26. The maximum atomic E-state index is 13.0. The minimum Gasteiger partial charge on any atom is -0.491 e. The number of pyridine rings is 1. The molecule has 1 atom stereocenters. The molecule has 0 spiro atoms. The number of rotatable bonds is 10. The number of aromatic amines is 1. The van der Waals surface area contributed by atoms with Crippen LogP contribution >= 0.6 is 0 Å². The number of alkyl halides is 3. The van der Waals surface area contributed by atoms with Crippen molar-refractivity contribution in [3.63, 3.8) is 0 Å². The molecule has 0 radical (unpaired) electrons. The summed E-state index contributed by atoms with van der Waals surface area (Å²) in [5.74, 6) is 0.990. The Morgan fingerprint density at radius 1 is 1.22 bits per heavy atom. The summed E-state index contributed by atoms with van der Waals surface area (Å²) in [6.07, 6.45) is -4.06. The average molecular weight is 527 g/mol. The largest absolute Gasteiger partial charge is 0.491 e. The lowest BCUT2D eigenvalue weighted by Crippen LogP contribution is -2.10. The molecule has 5 N–H and O–H groups in total. The molecule has 2 aromatic heterocycles. The highest BCUT2D eigenvalue weighted by atomic mass is 32.2. The van der Waals surface area contributed by atoms with E-state index in [2.05, 4.69) is 31.0 Å². The maximum absolute atomic E-state index is 13.0. The van der Waals surface area contributed by atoms with Gasteiger partial charge >= 0.3 is 6.18 Å². The predicted molar refractivity (Wildman–Crippen MR) is 135 cm³/mol. The van der Waals surface area contributed by atoms with Crippen molar-refractivity contribution in [2.75, 3.05) is 29.4 Å². The monoisotopic (exact) mass is 526 g/mol. The van der Waals surface area contributed by atoms with E-state index in [9.17, 15) is 22.2 Å². The second-order valence-electron chi connectivity index (χ2n) is 7.66. The number of carbonyl (C=O) groups is 1. The highest BCUT2D eigenvalue weighted by Gasteiger charge is 2.32. The summed E-state index contributed by atoms with van der Waals surface area (Å²) >= 11 is 0. The van der Waals surface area contributed by atoms with Gasteiger partial charge in [-0.15, -0.1) is 0 Å². The molecule has 3 rings (SSSR count). The highest BCUT2D eigenvalue weighted by Crippen LogP contribution is 2.34. The first-order valence-corrected chi connectivity index (χ1v) is 12.3. The number of hydrogen-bond donors (Lipinski definition) is 4. The zero-order chi connectivity index (χ0) is 26.9. The van der Waals surface area contributed by atoms with Gasteiger partial charge in [0, 0.05) is 11.3 Å². The Kier molecular flexibility index (Phi) is 10.4. The summed E-state index contributed by atoms with van der Waals surface area (Å²) < 4.78 is 59.6. The van der Waals surface area contributed by atoms with Crippen molar-refractivity contribution in [1.82, 2.24) is 15.2 Å². The van der Waals surface area contributed by atoms with E-state index in [0.29, 0.717) is 41.3 Å². The molecule has 2 heterocycles. The van der Waals surface area contributed by atoms with Crippen LogP contribution in [0.25, 0.3) is 11.3 Å². The molecule has 1 aromatic carbocycles. The van der Waals surface area contributed by atoms with Crippen LogP contribution in [0.1, 0.15) is 36.8 Å². The summed E-state index contributed by atoms with van der Waals surface area (Å²) in [4.78, 5) is 15.4. The standard InChI is InChI=1S/C22H24F3N5O3S.CH5N/c1-4-34(32)30-16-9-8-14(10-17(16)33-12-13(2)3)20-15(11-31)21(29-28-20)27-19-7-5-6-18(26-19)22(23,24)25;1-2/h5-11,13,30H,4,12H2,1-3H3,(H2,26,27,28,29);2H2,1H3. The van der Waals surface area contributed by atoms with E-state index in [0.717, 1.165) is 6.07 Å². The van der Waals surface area contributed by atoms with Gasteiger partial charge in [0.25, 0.3) is 0 Å². The van der Waals surface area contributed by atoms with E-state index < -0.39 is 22.9 Å².